The Hall–Kier alpha value is 0.01000. The van der Waals surface area contributed by atoms with Crippen molar-refractivity contribution in [3.05, 3.63) is 14.7 Å². The molecular weight excluding hydrogens is 342 g/mol. The molecule has 1 heterocycles. The van der Waals surface area contributed by atoms with Gasteiger partial charge in [0.2, 0.25) is 10.0 Å². The van der Waals surface area contributed by atoms with Crippen LogP contribution in [0, 0.1) is 6.92 Å². The molecule has 0 fully saturated rings. The Kier molecular flexibility index (Phi) is 6.22. The fraction of sp³-hybridized carbons (Fsp3) is 0.600. The van der Waals surface area contributed by atoms with Crippen LogP contribution in [0.1, 0.15) is 4.88 Å². The minimum absolute atomic E-state index is 0.180. The molecule has 1 atom stereocenters. The average molecular weight is 358 g/mol. The monoisotopic (exact) mass is 357 g/mol. The van der Waals surface area contributed by atoms with Crippen molar-refractivity contribution in [1.82, 2.24) is 4.72 Å². The van der Waals surface area contributed by atoms with Gasteiger partial charge >= 0.3 is 0 Å². The van der Waals surface area contributed by atoms with Crippen LogP contribution < -0.4 is 4.72 Å². The van der Waals surface area contributed by atoms with Gasteiger partial charge in [-0.15, -0.1) is 11.3 Å². The van der Waals surface area contributed by atoms with Gasteiger partial charge in [0.1, 0.15) is 0 Å². The van der Waals surface area contributed by atoms with Crippen molar-refractivity contribution in [2.45, 2.75) is 17.9 Å². The van der Waals surface area contributed by atoms with E-state index in [0.717, 1.165) is 8.66 Å². The number of hydrogen-bond donors (Lipinski definition) is 1. The molecule has 0 bridgehead atoms. The van der Waals surface area contributed by atoms with Gasteiger partial charge in [-0.3, -0.25) is 0 Å². The van der Waals surface area contributed by atoms with E-state index >= 15 is 0 Å². The summed E-state index contributed by atoms with van der Waals surface area (Å²) in [5.74, 6) is 0. The Morgan fingerprint density at radius 2 is 2.17 bits per heavy atom. The Morgan fingerprint density at radius 3 is 2.61 bits per heavy atom. The number of aryl methyl sites for hydroxylation is 1. The lowest BCUT2D eigenvalue weighted by Gasteiger charge is -2.15. The van der Waals surface area contributed by atoms with Gasteiger partial charge in [-0.05, 0) is 28.9 Å². The van der Waals surface area contributed by atoms with E-state index in [9.17, 15) is 8.42 Å². The van der Waals surface area contributed by atoms with Crippen molar-refractivity contribution in [3.8, 4) is 0 Å². The third-order valence-corrected chi connectivity index (χ3v) is 5.55. The smallest absolute Gasteiger partial charge is 0.241 e. The van der Waals surface area contributed by atoms with Crippen molar-refractivity contribution in [3.63, 3.8) is 0 Å². The van der Waals surface area contributed by atoms with E-state index in [4.69, 9.17) is 9.47 Å². The Labute approximate surface area is 120 Å². The molecule has 1 aromatic rings. The quantitative estimate of drug-likeness (QED) is 0.807. The summed E-state index contributed by atoms with van der Waals surface area (Å²) in [4.78, 5) is 1.04. The van der Waals surface area contributed by atoms with Crippen molar-refractivity contribution in [2.24, 2.45) is 0 Å². The first-order chi connectivity index (χ1) is 8.40. The van der Waals surface area contributed by atoms with Gasteiger partial charge in [0, 0.05) is 25.6 Å². The highest BCUT2D eigenvalue weighted by Crippen LogP contribution is 2.29. The lowest BCUT2D eigenvalue weighted by molar-refractivity contribution is 0.0320. The number of thiophene rings is 1. The minimum Gasteiger partial charge on any atom is -0.382 e. The minimum atomic E-state index is -3.50. The molecule has 8 heteroatoms. The standard InChI is InChI=1S/C10H16BrNO4S2/c1-7-9(4-10(11)17-7)18(13,14)12-5-8(16-3)6-15-2/h4,8,12H,5-6H2,1-3H3. The number of hydrogen-bond acceptors (Lipinski definition) is 5. The molecule has 0 saturated heterocycles. The molecule has 18 heavy (non-hydrogen) atoms. The fourth-order valence-corrected chi connectivity index (χ4v) is 4.85. The highest BCUT2D eigenvalue weighted by atomic mass is 79.9. The van der Waals surface area contributed by atoms with E-state index in [1.807, 2.05) is 0 Å². The second-order valence-corrected chi connectivity index (χ2v) is 8.01. The first-order valence-corrected chi connectivity index (χ1v) is 8.27. The zero-order valence-corrected chi connectivity index (χ0v) is 13.6. The summed E-state index contributed by atoms with van der Waals surface area (Å²) in [6.45, 7) is 2.29. The molecule has 0 radical (unpaired) electrons. The molecule has 1 rings (SSSR count). The summed E-state index contributed by atoms with van der Waals surface area (Å²) in [5.41, 5.74) is 0. The highest BCUT2D eigenvalue weighted by Gasteiger charge is 2.20. The van der Waals surface area contributed by atoms with E-state index in [2.05, 4.69) is 20.7 Å². The molecule has 0 saturated carbocycles. The summed E-state index contributed by atoms with van der Waals surface area (Å²) < 4.78 is 37.5. The summed E-state index contributed by atoms with van der Waals surface area (Å²) in [6, 6.07) is 1.60. The molecule has 0 aliphatic rings. The zero-order chi connectivity index (χ0) is 13.8. The number of methoxy groups -OCH3 is 2. The largest absolute Gasteiger partial charge is 0.382 e. The molecule has 0 spiro atoms. The zero-order valence-electron chi connectivity index (χ0n) is 10.4. The third kappa shape index (κ3) is 4.29. The lowest BCUT2D eigenvalue weighted by Crippen LogP contribution is -2.35. The first kappa shape index (κ1) is 16.1. The van der Waals surface area contributed by atoms with Crippen LogP contribution in [-0.2, 0) is 19.5 Å². The molecule has 0 aliphatic heterocycles. The number of sulfonamides is 1. The van der Waals surface area contributed by atoms with E-state index in [-0.39, 0.29) is 12.6 Å². The average Bonchev–Trinajstić information content (AvgIpc) is 2.64. The SMILES string of the molecule is COCC(CNS(=O)(=O)c1cc(Br)sc1C)OC. The van der Waals surface area contributed by atoms with Crippen LogP contribution in [-0.4, -0.2) is 41.9 Å². The maximum Gasteiger partial charge on any atom is 0.241 e. The van der Waals surface area contributed by atoms with Crippen molar-refractivity contribution >= 4 is 37.3 Å². The Morgan fingerprint density at radius 1 is 1.50 bits per heavy atom. The topological polar surface area (TPSA) is 64.6 Å². The molecule has 1 unspecified atom stereocenters. The third-order valence-electron chi connectivity index (χ3n) is 2.32. The van der Waals surface area contributed by atoms with Crippen LogP contribution in [0.5, 0.6) is 0 Å². The van der Waals surface area contributed by atoms with Gasteiger partial charge in [0.25, 0.3) is 0 Å². The van der Waals surface area contributed by atoms with Gasteiger partial charge in [-0.25, -0.2) is 13.1 Å². The fourth-order valence-electron chi connectivity index (χ4n) is 1.37. The van der Waals surface area contributed by atoms with Gasteiger partial charge in [0.05, 0.1) is 21.4 Å². The predicted molar refractivity (Wildman–Crippen MR) is 74.6 cm³/mol. The van der Waals surface area contributed by atoms with Gasteiger partial charge in [-0.1, -0.05) is 0 Å². The summed E-state index contributed by atoms with van der Waals surface area (Å²) in [5, 5.41) is 0. The maximum atomic E-state index is 12.1. The van der Waals surface area contributed by atoms with Crippen LogP contribution in [0.25, 0.3) is 0 Å². The van der Waals surface area contributed by atoms with Gasteiger partial charge in [-0.2, -0.15) is 0 Å². The van der Waals surface area contributed by atoms with Gasteiger partial charge < -0.3 is 9.47 Å². The number of halogens is 1. The maximum absolute atomic E-state index is 12.1. The summed E-state index contributed by atoms with van der Waals surface area (Å²) in [6.07, 6.45) is -0.299. The number of nitrogens with one attached hydrogen (secondary N) is 1. The first-order valence-electron chi connectivity index (χ1n) is 5.18. The number of rotatable bonds is 7. The van der Waals surface area contributed by atoms with Crippen LogP contribution in [0.3, 0.4) is 0 Å². The van der Waals surface area contributed by atoms with Crippen LogP contribution in [0.4, 0.5) is 0 Å². The van der Waals surface area contributed by atoms with E-state index < -0.39 is 10.0 Å². The van der Waals surface area contributed by atoms with Crippen LogP contribution >= 0.6 is 27.3 Å². The van der Waals surface area contributed by atoms with E-state index in [0.29, 0.717) is 11.5 Å². The molecule has 1 aromatic heterocycles. The number of ether oxygens (including phenoxy) is 2. The molecule has 5 nitrogen and oxygen atoms in total. The van der Waals surface area contributed by atoms with Crippen molar-refractivity contribution in [2.75, 3.05) is 27.4 Å². The van der Waals surface area contributed by atoms with Crippen LogP contribution in [0.2, 0.25) is 0 Å². The summed E-state index contributed by atoms with van der Waals surface area (Å²) in [7, 11) is -0.438. The van der Waals surface area contributed by atoms with Crippen molar-refractivity contribution in [1.29, 1.82) is 0 Å². The van der Waals surface area contributed by atoms with Crippen molar-refractivity contribution < 1.29 is 17.9 Å². The molecular formula is C10H16BrNO4S2. The van der Waals surface area contributed by atoms with Gasteiger partial charge in [0.15, 0.2) is 0 Å². The lowest BCUT2D eigenvalue weighted by atomic mass is 10.4. The van der Waals surface area contributed by atoms with Crippen LogP contribution in [0.15, 0.2) is 14.7 Å². The second-order valence-electron chi connectivity index (χ2n) is 3.64. The molecule has 104 valence electrons. The molecule has 0 aliphatic carbocycles. The highest BCUT2D eigenvalue weighted by molar-refractivity contribution is 9.11. The Balaban J connectivity index is 2.74. The summed E-state index contributed by atoms with van der Waals surface area (Å²) >= 11 is 4.66. The Bertz CT molecular complexity index is 486. The molecule has 1 N–H and O–H groups in total. The molecule has 0 aromatic carbocycles. The second kappa shape index (κ2) is 6.97. The van der Waals surface area contributed by atoms with E-state index in [1.165, 1.54) is 18.4 Å². The van der Waals surface area contributed by atoms with E-state index in [1.54, 1.807) is 20.1 Å². The molecule has 0 amide bonds. The predicted octanol–water partition coefficient (Wildman–Crippen LogP) is 1.76. The normalized spacial score (nSPS) is 13.8.